The molecule has 0 spiro atoms. The van der Waals surface area contributed by atoms with Crippen LogP contribution in [0.2, 0.25) is 0 Å². The molecule has 0 saturated carbocycles. The van der Waals surface area contributed by atoms with Crippen LogP contribution in [0.25, 0.3) is 0 Å². The molecule has 0 unspecified atom stereocenters. The van der Waals surface area contributed by atoms with Gasteiger partial charge in [-0.15, -0.1) is 0 Å². The summed E-state index contributed by atoms with van der Waals surface area (Å²) >= 11 is 0. The van der Waals surface area contributed by atoms with Crippen molar-refractivity contribution >= 4 is 21.8 Å². The van der Waals surface area contributed by atoms with E-state index in [2.05, 4.69) is 0 Å². The van der Waals surface area contributed by atoms with E-state index >= 15 is 0 Å². The molecule has 0 saturated heterocycles. The van der Waals surface area contributed by atoms with Gasteiger partial charge in [-0.25, -0.2) is 8.42 Å². The first-order valence-corrected chi connectivity index (χ1v) is 6.53. The van der Waals surface area contributed by atoms with E-state index in [-0.39, 0.29) is 10.6 Å². The number of rotatable bonds is 6. The van der Waals surface area contributed by atoms with Crippen LogP contribution in [0, 0.1) is 0 Å². The number of nitrogens with zero attached hydrogens (tertiary/aromatic N) is 1. The van der Waals surface area contributed by atoms with Crippen molar-refractivity contribution in [1.29, 1.82) is 0 Å². The molecule has 104 valence electrons. The second-order valence-electron chi connectivity index (χ2n) is 3.70. The van der Waals surface area contributed by atoms with Crippen molar-refractivity contribution in [2.24, 2.45) is 11.5 Å². The normalized spacial score (nSPS) is 11.4. The zero-order valence-electron chi connectivity index (χ0n) is 9.81. The Bertz CT molecular complexity index is 583. The smallest absolute Gasteiger partial charge is 0.244 e. The van der Waals surface area contributed by atoms with Gasteiger partial charge in [0.25, 0.3) is 0 Å². The molecule has 0 aliphatic rings. The van der Waals surface area contributed by atoms with Crippen LogP contribution in [0.5, 0.6) is 5.75 Å². The van der Waals surface area contributed by atoms with Crippen LogP contribution in [0.3, 0.4) is 0 Å². The Morgan fingerprint density at radius 1 is 1.16 bits per heavy atom. The number of benzene rings is 1. The van der Waals surface area contributed by atoms with Crippen LogP contribution < -0.4 is 11.5 Å². The molecule has 5 N–H and O–H groups in total. The monoisotopic (exact) mass is 287 g/mol. The summed E-state index contributed by atoms with van der Waals surface area (Å²) in [4.78, 5) is 21.4. The minimum atomic E-state index is -4.14. The summed E-state index contributed by atoms with van der Waals surface area (Å²) in [6.07, 6.45) is 0. The molecule has 0 fully saturated rings. The van der Waals surface area contributed by atoms with Crippen LogP contribution in [0.4, 0.5) is 0 Å². The van der Waals surface area contributed by atoms with Crippen molar-refractivity contribution in [3.63, 3.8) is 0 Å². The second-order valence-corrected chi connectivity index (χ2v) is 5.64. The maximum Gasteiger partial charge on any atom is 0.244 e. The summed E-state index contributed by atoms with van der Waals surface area (Å²) < 4.78 is 24.9. The highest BCUT2D eigenvalue weighted by Gasteiger charge is 2.27. The Balaban J connectivity index is 3.18. The number of carbonyl (C=O) groups is 2. The SMILES string of the molecule is NC(=O)CN(CC(N)=O)S(=O)(=O)c1cccc(O)c1. The van der Waals surface area contributed by atoms with Crippen molar-refractivity contribution in [3.05, 3.63) is 24.3 Å². The molecule has 0 bridgehead atoms. The van der Waals surface area contributed by atoms with Gasteiger partial charge in [0.1, 0.15) is 5.75 Å². The molecule has 9 heteroatoms. The number of sulfonamides is 1. The van der Waals surface area contributed by atoms with E-state index < -0.39 is 34.9 Å². The van der Waals surface area contributed by atoms with Gasteiger partial charge in [-0.3, -0.25) is 9.59 Å². The fraction of sp³-hybridized carbons (Fsp3) is 0.200. The molecule has 0 aromatic heterocycles. The number of phenolic OH excluding ortho intramolecular Hbond substituents is 1. The van der Waals surface area contributed by atoms with Gasteiger partial charge >= 0.3 is 0 Å². The maximum atomic E-state index is 12.2. The summed E-state index contributed by atoms with van der Waals surface area (Å²) in [5.74, 6) is -2.12. The first kappa shape index (κ1) is 14.9. The molecular formula is C10H13N3O5S. The van der Waals surface area contributed by atoms with E-state index in [1.807, 2.05) is 0 Å². The fourth-order valence-corrected chi connectivity index (χ4v) is 2.78. The predicted molar refractivity (Wildman–Crippen MR) is 65.3 cm³/mol. The predicted octanol–water partition coefficient (Wildman–Crippen LogP) is -1.65. The summed E-state index contributed by atoms with van der Waals surface area (Å²) in [6.45, 7) is -1.36. The molecule has 2 amide bonds. The van der Waals surface area contributed by atoms with Crippen LogP contribution in [0.15, 0.2) is 29.2 Å². The van der Waals surface area contributed by atoms with Crippen LogP contribution >= 0.6 is 0 Å². The van der Waals surface area contributed by atoms with Crippen LogP contribution in [-0.2, 0) is 19.6 Å². The average Bonchev–Trinajstić information content (AvgIpc) is 2.26. The molecule has 1 aromatic carbocycles. The van der Waals surface area contributed by atoms with E-state index in [9.17, 15) is 23.1 Å². The Kier molecular flexibility index (Phi) is 4.46. The number of primary amides is 2. The van der Waals surface area contributed by atoms with Crippen molar-refractivity contribution in [2.75, 3.05) is 13.1 Å². The third kappa shape index (κ3) is 3.93. The second kappa shape index (κ2) is 5.67. The number of nitrogens with two attached hydrogens (primary N) is 2. The van der Waals surface area contributed by atoms with E-state index in [0.29, 0.717) is 4.31 Å². The summed E-state index contributed by atoms with van der Waals surface area (Å²) in [7, 11) is -4.14. The lowest BCUT2D eigenvalue weighted by atomic mass is 10.3. The van der Waals surface area contributed by atoms with Crippen molar-refractivity contribution in [2.45, 2.75) is 4.90 Å². The minimum absolute atomic E-state index is 0.265. The van der Waals surface area contributed by atoms with Crippen molar-refractivity contribution < 1.29 is 23.1 Å². The van der Waals surface area contributed by atoms with E-state index in [1.54, 1.807) is 0 Å². The molecule has 0 aliphatic carbocycles. The highest BCUT2D eigenvalue weighted by Crippen LogP contribution is 2.19. The lowest BCUT2D eigenvalue weighted by Crippen LogP contribution is -2.43. The zero-order valence-corrected chi connectivity index (χ0v) is 10.6. The Labute approximate surface area is 109 Å². The Morgan fingerprint density at radius 3 is 2.11 bits per heavy atom. The molecule has 8 nitrogen and oxygen atoms in total. The zero-order chi connectivity index (χ0) is 14.6. The van der Waals surface area contributed by atoms with Crippen molar-refractivity contribution in [1.82, 2.24) is 4.31 Å². The fourth-order valence-electron chi connectivity index (χ4n) is 1.37. The summed E-state index contributed by atoms with van der Waals surface area (Å²) in [5.41, 5.74) is 9.85. The number of amides is 2. The van der Waals surface area contributed by atoms with Gasteiger partial charge < -0.3 is 16.6 Å². The quantitative estimate of drug-likeness (QED) is 0.574. The maximum absolute atomic E-state index is 12.2. The van der Waals surface area contributed by atoms with E-state index in [4.69, 9.17) is 11.5 Å². The van der Waals surface area contributed by atoms with Gasteiger partial charge in [0.15, 0.2) is 0 Å². The van der Waals surface area contributed by atoms with Crippen LogP contribution in [0.1, 0.15) is 0 Å². The molecular weight excluding hydrogens is 274 g/mol. The first-order chi connectivity index (χ1) is 8.73. The number of hydrogen-bond donors (Lipinski definition) is 3. The largest absolute Gasteiger partial charge is 0.508 e. The first-order valence-electron chi connectivity index (χ1n) is 5.09. The van der Waals surface area contributed by atoms with Gasteiger partial charge in [-0.1, -0.05) is 6.07 Å². The number of aromatic hydroxyl groups is 1. The lowest BCUT2D eigenvalue weighted by Gasteiger charge is -2.19. The van der Waals surface area contributed by atoms with Crippen molar-refractivity contribution in [3.8, 4) is 5.75 Å². The van der Waals surface area contributed by atoms with Gasteiger partial charge in [-0.05, 0) is 18.2 Å². The molecule has 0 radical (unpaired) electrons. The number of hydrogen-bond acceptors (Lipinski definition) is 5. The van der Waals surface area contributed by atoms with Gasteiger partial charge in [0.05, 0.1) is 18.0 Å². The molecule has 1 rings (SSSR count). The Morgan fingerprint density at radius 2 is 1.68 bits per heavy atom. The lowest BCUT2D eigenvalue weighted by molar-refractivity contribution is -0.120. The molecule has 0 aliphatic heterocycles. The number of carbonyl (C=O) groups excluding carboxylic acids is 2. The van der Waals surface area contributed by atoms with Gasteiger partial charge in [0, 0.05) is 0 Å². The highest BCUT2D eigenvalue weighted by molar-refractivity contribution is 7.89. The summed E-state index contributed by atoms with van der Waals surface area (Å²) in [6, 6.07) is 4.80. The third-order valence-corrected chi connectivity index (χ3v) is 3.91. The molecule has 0 heterocycles. The third-order valence-electron chi connectivity index (χ3n) is 2.12. The molecule has 0 atom stereocenters. The standard InChI is InChI=1S/C10H13N3O5S/c11-9(15)5-13(6-10(12)16)19(17,18)8-3-1-2-7(14)4-8/h1-4,14H,5-6H2,(H2,11,15)(H2,12,16). The van der Waals surface area contributed by atoms with Crippen LogP contribution in [-0.4, -0.2) is 42.7 Å². The molecule has 1 aromatic rings. The topological polar surface area (TPSA) is 144 Å². The average molecular weight is 287 g/mol. The highest BCUT2D eigenvalue weighted by atomic mass is 32.2. The van der Waals surface area contributed by atoms with Gasteiger partial charge in [-0.2, -0.15) is 4.31 Å². The molecule has 19 heavy (non-hydrogen) atoms. The minimum Gasteiger partial charge on any atom is -0.508 e. The van der Waals surface area contributed by atoms with Gasteiger partial charge in [0.2, 0.25) is 21.8 Å². The Hall–Kier alpha value is -2.13. The number of phenols is 1. The van der Waals surface area contributed by atoms with E-state index in [0.717, 1.165) is 6.07 Å². The summed E-state index contributed by atoms with van der Waals surface area (Å²) in [5, 5.41) is 9.26. The van der Waals surface area contributed by atoms with E-state index in [1.165, 1.54) is 18.2 Å².